The average Bonchev–Trinajstić information content (AvgIpc) is 3.21. The third-order valence-electron chi connectivity index (χ3n) is 6.43. The van der Waals surface area contributed by atoms with Crippen LogP contribution in [0.1, 0.15) is 18.4 Å². The van der Waals surface area contributed by atoms with Gasteiger partial charge in [-0.1, -0.05) is 48.5 Å². The highest BCUT2D eigenvalue weighted by Gasteiger charge is 2.35. The Bertz CT molecular complexity index is 1520. The highest BCUT2D eigenvalue weighted by Crippen LogP contribution is 2.40. The molecule has 2 heterocycles. The van der Waals surface area contributed by atoms with Crippen LogP contribution in [0.5, 0.6) is 0 Å². The first-order valence-corrected chi connectivity index (χ1v) is 11.1. The minimum absolute atomic E-state index is 0.294. The molecule has 0 saturated heterocycles. The molecule has 1 unspecified atom stereocenters. The molecule has 5 rings (SSSR count). The monoisotopic (exact) mass is 448 g/mol. The molecule has 1 atom stereocenters. The smallest absolute Gasteiger partial charge is 0.336 e. The van der Waals surface area contributed by atoms with Gasteiger partial charge in [0.2, 0.25) is 0 Å². The molecule has 2 N–H and O–H groups in total. The molecule has 6 nitrogen and oxygen atoms in total. The summed E-state index contributed by atoms with van der Waals surface area (Å²) in [4.78, 5) is 14.5. The summed E-state index contributed by atoms with van der Waals surface area (Å²) in [5.41, 5.74) is 11.1. The second-order valence-corrected chi connectivity index (χ2v) is 8.16. The van der Waals surface area contributed by atoms with Crippen LogP contribution in [0.3, 0.4) is 0 Å². The Morgan fingerprint density at radius 2 is 1.74 bits per heavy atom. The van der Waals surface area contributed by atoms with E-state index < -0.39 is 11.9 Å². The van der Waals surface area contributed by atoms with E-state index in [-0.39, 0.29) is 0 Å². The number of benzene rings is 3. The average molecular weight is 449 g/mol. The van der Waals surface area contributed by atoms with E-state index in [0.29, 0.717) is 17.0 Å². The third-order valence-corrected chi connectivity index (χ3v) is 6.43. The summed E-state index contributed by atoms with van der Waals surface area (Å²) in [6.07, 6.45) is 1.69. The number of rotatable bonds is 4. The number of methoxy groups -OCH3 is 1. The van der Waals surface area contributed by atoms with Gasteiger partial charge >= 0.3 is 5.97 Å². The van der Waals surface area contributed by atoms with Gasteiger partial charge in [0.1, 0.15) is 5.82 Å². The molecule has 0 amide bonds. The summed E-state index contributed by atoms with van der Waals surface area (Å²) in [7, 11) is 1.34. The molecular formula is C28H24N4O2. The molecule has 6 heteroatoms. The van der Waals surface area contributed by atoms with Crippen molar-refractivity contribution in [3.8, 4) is 6.07 Å². The van der Waals surface area contributed by atoms with Gasteiger partial charge in [0, 0.05) is 40.2 Å². The summed E-state index contributed by atoms with van der Waals surface area (Å²) in [5, 5.41) is 12.3. The molecule has 168 valence electrons. The molecule has 0 radical (unpaired) electrons. The number of para-hydroxylation sites is 1. The van der Waals surface area contributed by atoms with Crippen LogP contribution < -0.4 is 10.6 Å². The largest absolute Gasteiger partial charge is 0.466 e. The van der Waals surface area contributed by atoms with Crippen molar-refractivity contribution >= 4 is 33.5 Å². The molecule has 3 aromatic carbocycles. The van der Waals surface area contributed by atoms with E-state index in [2.05, 4.69) is 41.8 Å². The lowest BCUT2D eigenvalue weighted by molar-refractivity contribution is -0.136. The number of esters is 1. The molecule has 0 bridgehead atoms. The Kier molecular flexibility index (Phi) is 5.31. The molecule has 1 aliphatic heterocycles. The summed E-state index contributed by atoms with van der Waals surface area (Å²) in [6, 6.07) is 26.0. The Morgan fingerprint density at radius 3 is 2.44 bits per heavy atom. The number of nitriles is 1. The first-order valence-electron chi connectivity index (χ1n) is 11.1. The number of allylic oxidation sites excluding steroid dienone is 1. The quantitative estimate of drug-likeness (QED) is 0.436. The number of carbonyl (C=O) groups is 1. The van der Waals surface area contributed by atoms with E-state index in [0.717, 1.165) is 39.6 Å². The zero-order chi connectivity index (χ0) is 23.8. The van der Waals surface area contributed by atoms with Crippen molar-refractivity contribution < 1.29 is 9.53 Å². The van der Waals surface area contributed by atoms with Crippen molar-refractivity contribution in [2.24, 2.45) is 5.73 Å². The molecule has 4 aromatic rings. The van der Waals surface area contributed by atoms with Gasteiger partial charge in [0.25, 0.3) is 0 Å². The molecule has 0 spiro atoms. The lowest BCUT2D eigenvalue weighted by atomic mass is 9.83. The predicted octanol–water partition coefficient (Wildman–Crippen LogP) is 5.17. The Balaban J connectivity index is 1.72. The van der Waals surface area contributed by atoms with Crippen LogP contribution in [0.2, 0.25) is 0 Å². The minimum atomic E-state index is -0.597. The Labute approximate surface area is 197 Å². The van der Waals surface area contributed by atoms with Gasteiger partial charge in [0.05, 0.1) is 30.2 Å². The number of nitrogens with zero attached hydrogens (tertiary/aromatic N) is 3. The topological polar surface area (TPSA) is 84.3 Å². The maximum absolute atomic E-state index is 12.8. The highest BCUT2D eigenvalue weighted by atomic mass is 16.5. The van der Waals surface area contributed by atoms with Crippen molar-refractivity contribution in [1.82, 2.24) is 4.57 Å². The maximum atomic E-state index is 12.8. The summed E-state index contributed by atoms with van der Waals surface area (Å²) < 4.78 is 7.36. The normalized spacial score (nSPS) is 16.0. The molecule has 34 heavy (non-hydrogen) atoms. The number of fused-ring (bicyclic) bond motifs is 3. The molecule has 1 aromatic heterocycles. The van der Waals surface area contributed by atoms with Crippen LogP contribution >= 0.6 is 0 Å². The standard InChI is InChI=1S/C28H24N4O2/c1-3-31-24-12-8-7-11-20(24)21-15-19(13-14-25(21)31)32-17-23(28(33)34-2)26(22(16-29)27(32)30)18-9-5-4-6-10-18/h4-15,17,26H,3,30H2,1-2H3. The zero-order valence-electron chi connectivity index (χ0n) is 19.0. The van der Waals surface area contributed by atoms with E-state index in [9.17, 15) is 10.1 Å². The second kappa shape index (κ2) is 8.45. The summed E-state index contributed by atoms with van der Waals surface area (Å²) >= 11 is 0. The predicted molar refractivity (Wildman–Crippen MR) is 134 cm³/mol. The van der Waals surface area contributed by atoms with E-state index in [4.69, 9.17) is 10.5 Å². The number of nitrogens with two attached hydrogens (primary N) is 1. The number of anilines is 1. The van der Waals surface area contributed by atoms with E-state index in [1.807, 2.05) is 48.5 Å². The SMILES string of the molecule is CCn1c2ccccc2c2cc(N3C=C(C(=O)OC)C(c4ccccc4)C(C#N)=C3N)ccc21. The second-order valence-electron chi connectivity index (χ2n) is 8.16. The lowest BCUT2D eigenvalue weighted by Crippen LogP contribution is -2.33. The van der Waals surface area contributed by atoms with Gasteiger partial charge < -0.3 is 19.9 Å². The van der Waals surface area contributed by atoms with Gasteiger partial charge in [-0.05, 0) is 36.8 Å². The van der Waals surface area contributed by atoms with Gasteiger partial charge in [-0.2, -0.15) is 5.26 Å². The van der Waals surface area contributed by atoms with Crippen LogP contribution in [-0.4, -0.2) is 17.6 Å². The van der Waals surface area contributed by atoms with Gasteiger partial charge in [-0.3, -0.25) is 0 Å². The number of hydrogen-bond acceptors (Lipinski definition) is 5. The van der Waals surface area contributed by atoms with Crippen molar-refractivity contribution in [2.75, 3.05) is 12.0 Å². The fraction of sp³-hybridized carbons (Fsp3) is 0.143. The van der Waals surface area contributed by atoms with Gasteiger partial charge in [0.15, 0.2) is 0 Å². The fourth-order valence-corrected chi connectivity index (χ4v) is 4.86. The van der Waals surface area contributed by atoms with Gasteiger partial charge in [-0.25, -0.2) is 4.79 Å². The molecule has 1 aliphatic rings. The summed E-state index contributed by atoms with van der Waals surface area (Å²) in [5.74, 6) is -0.800. The maximum Gasteiger partial charge on any atom is 0.336 e. The van der Waals surface area contributed by atoms with Gasteiger partial charge in [-0.15, -0.1) is 0 Å². The number of aryl methyl sites for hydroxylation is 1. The fourth-order valence-electron chi connectivity index (χ4n) is 4.86. The summed E-state index contributed by atoms with van der Waals surface area (Å²) in [6.45, 7) is 2.97. The van der Waals surface area contributed by atoms with Crippen LogP contribution in [-0.2, 0) is 16.1 Å². The van der Waals surface area contributed by atoms with Crippen molar-refractivity contribution in [3.63, 3.8) is 0 Å². The third kappa shape index (κ3) is 3.22. The number of ether oxygens (including phenoxy) is 1. The van der Waals surface area contributed by atoms with E-state index in [1.54, 1.807) is 11.1 Å². The van der Waals surface area contributed by atoms with Crippen molar-refractivity contribution in [3.05, 3.63) is 102 Å². The van der Waals surface area contributed by atoms with Crippen LogP contribution in [0.4, 0.5) is 5.69 Å². The number of aromatic nitrogens is 1. The molecule has 0 aliphatic carbocycles. The highest BCUT2D eigenvalue weighted by molar-refractivity contribution is 6.09. The lowest BCUT2D eigenvalue weighted by Gasteiger charge is -2.32. The molecular weight excluding hydrogens is 424 g/mol. The number of carbonyl (C=O) groups excluding carboxylic acids is 1. The molecule has 0 fully saturated rings. The van der Waals surface area contributed by atoms with Crippen molar-refractivity contribution in [1.29, 1.82) is 5.26 Å². The van der Waals surface area contributed by atoms with E-state index >= 15 is 0 Å². The Morgan fingerprint density at radius 1 is 1.03 bits per heavy atom. The van der Waals surface area contributed by atoms with Crippen LogP contribution in [0, 0.1) is 11.3 Å². The minimum Gasteiger partial charge on any atom is -0.466 e. The Hall–Kier alpha value is -4.50. The zero-order valence-corrected chi connectivity index (χ0v) is 19.0. The van der Waals surface area contributed by atoms with Crippen molar-refractivity contribution in [2.45, 2.75) is 19.4 Å². The van der Waals surface area contributed by atoms with E-state index in [1.165, 1.54) is 7.11 Å². The number of hydrogen-bond donors (Lipinski definition) is 1. The molecule has 0 saturated carbocycles. The first kappa shape index (κ1) is 21.4. The van der Waals surface area contributed by atoms with Crippen LogP contribution in [0.15, 0.2) is 96.0 Å². The first-order chi connectivity index (χ1) is 16.6. The van der Waals surface area contributed by atoms with Crippen LogP contribution in [0.25, 0.3) is 21.8 Å².